The molecular formula is C37H54O3. The van der Waals surface area contributed by atoms with E-state index in [-0.39, 0.29) is 33.7 Å². The van der Waals surface area contributed by atoms with Crippen molar-refractivity contribution in [3.8, 4) is 0 Å². The van der Waals surface area contributed by atoms with E-state index in [0.29, 0.717) is 29.1 Å². The zero-order chi connectivity index (χ0) is 29.1. The summed E-state index contributed by atoms with van der Waals surface area (Å²) in [5, 5.41) is 0. The van der Waals surface area contributed by atoms with Gasteiger partial charge in [0.25, 0.3) is 0 Å². The molecule has 0 spiro atoms. The second kappa shape index (κ2) is 10.4. The van der Waals surface area contributed by atoms with Gasteiger partial charge in [-0.05, 0) is 92.1 Å². The SMILES string of the molecule is CC(C)CCC[C@@H](C)[C@H]1CC(=O)[C@@]2(C)C3=C(CC[C@]12C)[C@@]1(C)CC[C@H](OC(=O)c2ccccc2)C(C)(C)C1CC3. The number of benzene rings is 1. The van der Waals surface area contributed by atoms with Crippen LogP contribution in [0.3, 0.4) is 0 Å². The van der Waals surface area contributed by atoms with Crippen molar-refractivity contribution in [3.05, 3.63) is 47.0 Å². The van der Waals surface area contributed by atoms with E-state index < -0.39 is 0 Å². The van der Waals surface area contributed by atoms with Gasteiger partial charge in [-0.3, -0.25) is 4.79 Å². The number of ether oxygens (including phenoxy) is 1. The highest BCUT2D eigenvalue weighted by Crippen LogP contribution is 2.71. The second-order valence-corrected chi connectivity index (χ2v) is 15.7. The Bertz CT molecular complexity index is 1160. The summed E-state index contributed by atoms with van der Waals surface area (Å²) < 4.78 is 6.22. The smallest absolute Gasteiger partial charge is 0.338 e. The van der Waals surface area contributed by atoms with E-state index in [1.54, 1.807) is 5.57 Å². The van der Waals surface area contributed by atoms with Crippen molar-refractivity contribution >= 4 is 11.8 Å². The topological polar surface area (TPSA) is 43.4 Å². The molecule has 40 heavy (non-hydrogen) atoms. The Balaban J connectivity index is 1.41. The van der Waals surface area contributed by atoms with Gasteiger partial charge >= 0.3 is 5.97 Å². The molecule has 0 aromatic heterocycles. The summed E-state index contributed by atoms with van der Waals surface area (Å²) in [6.45, 7) is 19.0. The summed E-state index contributed by atoms with van der Waals surface area (Å²) in [4.78, 5) is 27.1. The average Bonchev–Trinajstić information content (AvgIpc) is 3.12. The predicted molar refractivity (Wildman–Crippen MR) is 163 cm³/mol. The lowest BCUT2D eigenvalue weighted by molar-refractivity contribution is -0.129. The van der Waals surface area contributed by atoms with Crippen LogP contribution < -0.4 is 0 Å². The molecule has 4 aliphatic rings. The van der Waals surface area contributed by atoms with Crippen LogP contribution in [0, 0.1) is 45.3 Å². The zero-order valence-corrected chi connectivity index (χ0v) is 26.6. The number of esters is 1. The predicted octanol–water partition coefficient (Wildman–Crippen LogP) is 9.60. The Labute approximate surface area is 243 Å². The Morgan fingerprint density at radius 1 is 0.925 bits per heavy atom. The van der Waals surface area contributed by atoms with Gasteiger partial charge in [0.15, 0.2) is 0 Å². The summed E-state index contributed by atoms with van der Waals surface area (Å²) in [7, 11) is 0. The fourth-order valence-electron chi connectivity index (χ4n) is 10.4. The summed E-state index contributed by atoms with van der Waals surface area (Å²) in [5.41, 5.74) is 3.42. The number of carbonyl (C=O) groups is 2. The number of rotatable bonds is 7. The van der Waals surface area contributed by atoms with Gasteiger partial charge in [-0.15, -0.1) is 0 Å². The molecular weight excluding hydrogens is 492 g/mol. The number of allylic oxidation sites excluding steroid dienone is 2. The Kier molecular flexibility index (Phi) is 7.71. The minimum Gasteiger partial charge on any atom is -0.458 e. The largest absolute Gasteiger partial charge is 0.458 e. The van der Waals surface area contributed by atoms with Gasteiger partial charge in [0.2, 0.25) is 0 Å². The van der Waals surface area contributed by atoms with Crippen molar-refractivity contribution in [2.45, 2.75) is 126 Å². The molecule has 0 amide bonds. The average molecular weight is 547 g/mol. The first-order valence-corrected chi connectivity index (χ1v) is 16.3. The first kappa shape index (κ1) is 29.6. The van der Waals surface area contributed by atoms with E-state index in [9.17, 15) is 9.59 Å². The van der Waals surface area contributed by atoms with Crippen LogP contribution in [0.2, 0.25) is 0 Å². The Morgan fingerprint density at radius 2 is 1.62 bits per heavy atom. The lowest BCUT2D eigenvalue weighted by Gasteiger charge is -2.61. The number of hydrogen-bond donors (Lipinski definition) is 0. The summed E-state index contributed by atoms with van der Waals surface area (Å²) in [6, 6.07) is 9.41. The molecule has 0 bridgehead atoms. The molecule has 4 aliphatic carbocycles. The van der Waals surface area contributed by atoms with Crippen LogP contribution in [0.4, 0.5) is 0 Å². The first-order valence-electron chi connectivity index (χ1n) is 16.3. The minimum atomic E-state index is -0.327. The number of fused-ring (bicyclic) bond motifs is 4. The molecule has 0 N–H and O–H groups in total. The van der Waals surface area contributed by atoms with Crippen LogP contribution in [-0.4, -0.2) is 17.9 Å². The Hall–Kier alpha value is -1.90. The molecule has 3 heteroatoms. The van der Waals surface area contributed by atoms with Crippen molar-refractivity contribution in [1.82, 2.24) is 0 Å². The van der Waals surface area contributed by atoms with E-state index >= 15 is 0 Å². The van der Waals surface area contributed by atoms with Crippen LogP contribution in [-0.2, 0) is 9.53 Å². The molecule has 1 aromatic rings. The second-order valence-electron chi connectivity index (χ2n) is 15.7. The van der Waals surface area contributed by atoms with Crippen LogP contribution >= 0.6 is 0 Å². The lowest BCUT2D eigenvalue weighted by Crippen LogP contribution is -2.56. The van der Waals surface area contributed by atoms with Crippen LogP contribution in [0.1, 0.15) is 130 Å². The number of hydrogen-bond acceptors (Lipinski definition) is 3. The molecule has 5 rings (SSSR count). The maximum atomic E-state index is 14.1. The summed E-state index contributed by atoms with van der Waals surface area (Å²) in [5.74, 6) is 2.58. The fourth-order valence-corrected chi connectivity index (χ4v) is 10.4. The summed E-state index contributed by atoms with van der Waals surface area (Å²) in [6.07, 6.45) is 10.7. The molecule has 1 aromatic carbocycles. The fraction of sp³-hybridized carbons (Fsp3) is 0.730. The molecule has 0 radical (unpaired) electrons. The van der Waals surface area contributed by atoms with Gasteiger partial charge in [-0.25, -0.2) is 4.79 Å². The maximum absolute atomic E-state index is 14.1. The van der Waals surface area contributed by atoms with E-state index in [4.69, 9.17) is 4.74 Å². The minimum absolute atomic E-state index is 0.0568. The standard InChI is InChI=1S/C37H54O3/c1-24(2)13-12-14-25(3)29-23-31(38)37(8)28-17-18-30-34(4,5)32(40-33(39)26-15-10-9-11-16-26)20-21-35(30,6)27(28)19-22-36(29,37)7/h9-11,15-16,24-25,29-30,32H,12-14,17-23H2,1-8H3/t25-,29-,30?,32+,35-,36-,37-/m1/s1. The van der Waals surface area contributed by atoms with Crippen LogP contribution in [0.15, 0.2) is 41.5 Å². The van der Waals surface area contributed by atoms with E-state index in [1.807, 2.05) is 30.3 Å². The number of carbonyl (C=O) groups excluding carboxylic acids is 2. The number of Topliss-reactive ketones (excluding diaryl/α,β-unsaturated/α-hetero) is 1. The molecule has 0 saturated heterocycles. The molecule has 3 nitrogen and oxygen atoms in total. The third kappa shape index (κ3) is 4.44. The number of ketones is 1. The third-order valence-electron chi connectivity index (χ3n) is 13.0. The molecule has 0 heterocycles. The van der Waals surface area contributed by atoms with Gasteiger partial charge in [0.1, 0.15) is 11.9 Å². The van der Waals surface area contributed by atoms with Crippen molar-refractivity contribution in [2.75, 3.05) is 0 Å². The third-order valence-corrected chi connectivity index (χ3v) is 13.0. The van der Waals surface area contributed by atoms with Gasteiger partial charge < -0.3 is 4.74 Å². The summed E-state index contributed by atoms with van der Waals surface area (Å²) >= 11 is 0. The molecule has 1 unspecified atom stereocenters. The van der Waals surface area contributed by atoms with Crippen molar-refractivity contribution in [3.63, 3.8) is 0 Å². The molecule has 7 atom stereocenters. The molecule has 2 fully saturated rings. The van der Waals surface area contributed by atoms with Gasteiger partial charge in [0, 0.05) is 11.8 Å². The van der Waals surface area contributed by atoms with Crippen molar-refractivity contribution < 1.29 is 14.3 Å². The van der Waals surface area contributed by atoms with E-state index in [1.165, 1.54) is 24.8 Å². The van der Waals surface area contributed by atoms with Crippen LogP contribution in [0.25, 0.3) is 0 Å². The highest BCUT2D eigenvalue weighted by Gasteiger charge is 2.66. The van der Waals surface area contributed by atoms with Gasteiger partial charge in [-0.1, -0.05) is 97.1 Å². The lowest BCUT2D eigenvalue weighted by atomic mass is 9.43. The first-order chi connectivity index (χ1) is 18.8. The highest BCUT2D eigenvalue weighted by molar-refractivity contribution is 5.92. The zero-order valence-electron chi connectivity index (χ0n) is 26.6. The van der Waals surface area contributed by atoms with Crippen molar-refractivity contribution in [2.24, 2.45) is 45.3 Å². The van der Waals surface area contributed by atoms with Crippen LogP contribution in [0.5, 0.6) is 0 Å². The Morgan fingerprint density at radius 3 is 2.30 bits per heavy atom. The van der Waals surface area contributed by atoms with Crippen molar-refractivity contribution in [1.29, 1.82) is 0 Å². The molecule has 0 aliphatic heterocycles. The quantitative estimate of drug-likeness (QED) is 0.253. The molecule has 220 valence electrons. The van der Waals surface area contributed by atoms with Gasteiger partial charge in [-0.2, -0.15) is 0 Å². The van der Waals surface area contributed by atoms with E-state index in [0.717, 1.165) is 50.9 Å². The van der Waals surface area contributed by atoms with E-state index in [2.05, 4.69) is 55.4 Å². The maximum Gasteiger partial charge on any atom is 0.338 e. The highest BCUT2D eigenvalue weighted by atomic mass is 16.5. The monoisotopic (exact) mass is 546 g/mol. The van der Waals surface area contributed by atoms with Gasteiger partial charge in [0.05, 0.1) is 11.0 Å². The normalized spacial score (nSPS) is 37.5. The molecule has 2 saturated carbocycles.